The van der Waals surface area contributed by atoms with Gasteiger partial charge < -0.3 is 60.5 Å². The molecule has 4 aromatic carbocycles. The quantitative estimate of drug-likeness (QED) is 0.159. The van der Waals surface area contributed by atoms with Crippen molar-refractivity contribution in [3.8, 4) is 57.5 Å². The average Bonchev–Trinajstić information content (AvgIpc) is 2.90. The fourth-order valence-corrected chi connectivity index (χ4v) is 5.77. The van der Waals surface area contributed by atoms with E-state index < -0.39 is 59.1 Å². The van der Waals surface area contributed by atoms with Crippen LogP contribution >= 0.6 is 0 Å². The summed E-state index contributed by atoms with van der Waals surface area (Å²) in [4.78, 5) is 0. The Balaban J connectivity index is 1.56. The monoisotopic (exact) mass is 578 g/mol. The van der Waals surface area contributed by atoms with Crippen molar-refractivity contribution in [2.45, 2.75) is 36.8 Å². The van der Waals surface area contributed by atoms with Gasteiger partial charge in [0.2, 0.25) is 0 Å². The third kappa shape index (κ3) is 4.33. The fraction of sp³-hybridized carbons (Fsp3) is 0.200. The number of hydrogen-bond acceptors (Lipinski definition) is 12. The number of aromatic hydroxyl groups is 8. The van der Waals surface area contributed by atoms with Crippen LogP contribution < -0.4 is 9.47 Å². The van der Waals surface area contributed by atoms with Crippen molar-refractivity contribution >= 4 is 0 Å². The molecule has 12 nitrogen and oxygen atoms in total. The molecule has 5 unspecified atom stereocenters. The minimum atomic E-state index is -1.62. The Morgan fingerprint density at radius 1 is 0.548 bits per heavy atom. The first-order valence-electron chi connectivity index (χ1n) is 12.8. The lowest BCUT2D eigenvalue weighted by Crippen LogP contribution is -2.36. The minimum Gasteiger partial charge on any atom is -0.508 e. The first-order chi connectivity index (χ1) is 19.9. The Labute approximate surface area is 237 Å². The van der Waals surface area contributed by atoms with Crippen LogP contribution in [0.1, 0.15) is 45.9 Å². The smallest absolute Gasteiger partial charge is 0.157 e. The van der Waals surface area contributed by atoms with Crippen molar-refractivity contribution in [3.05, 3.63) is 82.4 Å². The molecule has 0 amide bonds. The normalized spacial score (nSPS) is 22.9. The number of aliphatic hydroxyl groups is 2. The summed E-state index contributed by atoms with van der Waals surface area (Å²) in [5, 5.41) is 106. The predicted octanol–water partition coefficient (Wildman–Crippen LogP) is 3.00. The molecule has 0 spiro atoms. The van der Waals surface area contributed by atoms with E-state index in [1.54, 1.807) is 0 Å². The molecule has 218 valence electrons. The zero-order valence-electron chi connectivity index (χ0n) is 21.6. The lowest BCUT2D eigenvalue weighted by atomic mass is 9.77. The van der Waals surface area contributed by atoms with E-state index in [2.05, 4.69) is 0 Å². The number of ether oxygens (including phenoxy) is 2. The van der Waals surface area contributed by atoms with E-state index >= 15 is 0 Å². The fourth-order valence-electron chi connectivity index (χ4n) is 5.77. The van der Waals surface area contributed by atoms with Gasteiger partial charge in [0.15, 0.2) is 17.6 Å². The van der Waals surface area contributed by atoms with Crippen LogP contribution in [-0.2, 0) is 6.42 Å². The number of hydrogen-bond donors (Lipinski definition) is 10. The number of aliphatic hydroxyl groups excluding tert-OH is 2. The molecule has 2 aliphatic rings. The van der Waals surface area contributed by atoms with Gasteiger partial charge in [-0.15, -0.1) is 0 Å². The molecule has 0 bridgehead atoms. The zero-order valence-corrected chi connectivity index (χ0v) is 21.6. The Kier molecular flexibility index (Phi) is 6.24. The van der Waals surface area contributed by atoms with Crippen LogP contribution in [0.3, 0.4) is 0 Å². The van der Waals surface area contributed by atoms with Crippen LogP contribution in [0.15, 0.2) is 54.6 Å². The molecule has 0 aliphatic carbocycles. The van der Waals surface area contributed by atoms with Gasteiger partial charge in [0.05, 0.1) is 12.0 Å². The van der Waals surface area contributed by atoms with Gasteiger partial charge in [0.25, 0.3) is 0 Å². The molecule has 0 radical (unpaired) electrons. The van der Waals surface area contributed by atoms with Crippen molar-refractivity contribution in [2.75, 3.05) is 0 Å². The van der Waals surface area contributed by atoms with E-state index in [1.165, 1.54) is 36.4 Å². The van der Waals surface area contributed by atoms with Crippen molar-refractivity contribution in [3.63, 3.8) is 0 Å². The molecule has 10 N–H and O–H groups in total. The molecule has 2 heterocycles. The third-order valence-electron chi connectivity index (χ3n) is 7.60. The molecule has 2 aliphatic heterocycles. The van der Waals surface area contributed by atoms with Gasteiger partial charge in [-0.1, -0.05) is 6.07 Å². The second kappa shape index (κ2) is 9.72. The van der Waals surface area contributed by atoms with Crippen molar-refractivity contribution in [2.24, 2.45) is 0 Å². The maximum absolute atomic E-state index is 11.8. The summed E-state index contributed by atoms with van der Waals surface area (Å²) < 4.78 is 12.1. The summed E-state index contributed by atoms with van der Waals surface area (Å²) >= 11 is 0. The van der Waals surface area contributed by atoms with Gasteiger partial charge >= 0.3 is 0 Å². The summed E-state index contributed by atoms with van der Waals surface area (Å²) in [5.41, 5.74) is 0.317. The van der Waals surface area contributed by atoms with Crippen LogP contribution in [0.2, 0.25) is 0 Å². The van der Waals surface area contributed by atoms with Crippen LogP contribution in [-0.4, -0.2) is 63.3 Å². The summed E-state index contributed by atoms with van der Waals surface area (Å²) in [6, 6.07) is 10.6. The number of fused-ring (bicyclic) bond motifs is 2. The number of phenols is 8. The molecule has 42 heavy (non-hydrogen) atoms. The molecule has 0 saturated heterocycles. The summed E-state index contributed by atoms with van der Waals surface area (Å²) in [6.45, 7) is 0. The Morgan fingerprint density at radius 3 is 1.90 bits per heavy atom. The average molecular weight is 579 g/mol. The van der Waals surface area contributed by atoms with E-state index in [9.17, 15) is 51.1 Å². The Hall–Kier alpha value is -5.20. The molecule has 4 aromatic rings. The van der Waals surface area contributed by atoms with Gasteiger partial charge in [0, 0.05) is 52.9 Å². The van der Waals surface area contributed by atoms with Crippen molar-refractivity contribution in [1.29, 1.82) is 0 Å². The molecular weight excluding hydrogens is 552 g/mol. The van der Waals surface area contributed by atoms with Crippen molar-refractivity contribution < 1.29 is 60.5 Å². The lowest BCUT2D eigenvalue weighted by Gasteiger charge is -2.40. The second-order valence-electron chi connectivity index (χ2n) is 10.4. The first kappa shape index (κ1) is 27.0. The third-order valence-corrected chi connectivity index (χ3v) is 7.60. The van der Waals surface area contributed by atoms with E-state index in [1.807, 2.05) is 0 Å². The van der Waals surface area contributed by atoms with Crippen LogP contribution in [0.5, 0.6) is 57.5 Å². The highest BCUT2D eigenvalue weighted by atomic mass is 16.5. The van der Waals surface area contributed by atoms with Crippen LogP contribution in [0, 0.1) is 0 Å². The molecule has 12 heteroatoms. The number of rotatable bonds is 3. The largest absolute Gasteiger partial charge is 0.508 e. The highest BCUT2D eigenvalue weighted by Gasteiger charge is 2.46. The van der Waals surface area contributed by atoms with E-state index in [0.29, 0.717) is 0 Å². The standard InChI is InChI=1S/C30H26O12/c31-13-3-12(4-14(32)6-13)29-27(40)26(24-20(37)7-15(33)8-23(24)41-29)25-21(38)10-18(35)16-9-22(39)28(42-30(16)25)11-1-2-17(34)19(36)5-11/h1-8,10,22,26-29,31-40H,9H2. The van der Waals surface area contributed by atoms with E-state index in [0.717, 1.165) is 18.2 Å². The Bertz CT molecular complexity index is 1700. The second-order valence-corrected chi connectivity index (χ2v) is 10.4. The Morgan fingerprint density at radius 2 is 1.21 bits per heavy atom. The molecule has 6 rings (SSSR count). The molecule has 0 fully saturated rings. The predicted molar refractivity (Wildman–Crippen MR) is 143 cm³/mol. The maximum Gasteiger partial charge on any atom is 0.157 e. The SMILES string of the molecule is Oc1cc(O)cc(C2Oc3cc(O)cc(O)c3C(c3c(O)cc(O)c4c3OC(c3ccc(O)c(O)c3)C(O)C4)C2O)c1. The van der Waals surface area contributed by atoms with Gasteiger partial charge in [-0.3, -0.25) is 0 Å². The molecule has 0 aromatic heterocycles. The van der Waals surface area contributed by atoms with Crippen LogP contribution in [0.4, 0.5) is 0 Å². The van der Waals surface area contributed by atoms with Gasteiger partial charge in [-0.05, 0) is 29.8 Å². The highest BCUT2D eigenvalue weighted by Crippen LogP contribution is 2.57. The summed E-state index contributed by atoms with van der Waals surface area (Å²) in [6.07, 6.45) is -5.53. The molecule has 0 saturated carbocycles. The summed E-state index contributed by atoms with van der Waals surface area (Å²) in [7, 11) is 0. The lowest BCUT2D eigenvalue weighted by molar-refractivity contribution is 0.00111. The van der Waals surface area contributed by atoms with Crippen molar-refractivity contribution in [1.82, 2.24) is 0 Å². The zero-order chi connectivity index (χ0) is 30.0. The van der Waals surface area contributed by atoms with E-state index in [-0.39, 0.29) is 63.0 Å². The molecule has 5 atom stereocenters. The first-order valence-corrected chi connectivity index (χ1v) is 12.8. The molecular formula is C30H26O12. The topological polar surface area (TPSA) is 221 Å². The van der Waals surface area contributed by atoms with Crippen LogP contribution in [0.25, 0.3) is 0 Å². The summed E-state index contributed by atoms with van der Waals surface area (Å²) in [5.74, 6) is -4.92. The maximum atomic E-state index is 11.8. The van der Waals surface area contributed by atoms with Gasteiger partial charge in [0.1, 0.15) is 58.2 Å². The van der Waals surface area contributed by atoms with Gasteiger partial charge in [-0.2, -0.15) is 0 Å². The van der Waals surface area contributed by atoms with E-state index in [4.69, 9.17) is 9.47 Å². The van der Waals surface area contributed by atoms with Gasteiger partial charge in [-0.25, -0.2) is 0 Å². The minimum absolute atomic E-state index is 0.0438. The number of benzene rings is 4. The number of phenolic OH excluding ortho intramolecular Hbond substituents is 8. The highest BCUT2D eigenvalue weighted by molar-refractivity contribution is 5.65.